The van der Waals surface area contributed by atoms with E-state index in [0.29, 0.717) is 38.0 Å². The van der Waals surface area contributed by atoms with Crippen molar-refractivity contribution in [2.45, 2.75) is 6.61 Å². The van der Waals surface area contributed by atoms with E-state index in [9.17, 15) is 9.59 Å². The van der Waals surface area contributed by atoms with Crippen molar-refractivity contribution in [2.75, 3.05) is 4.90 Å². The number of amides is 2. The summed E-state index contributed by atoms with van der Waals surface area (Å²) in [4.78, 5) is 26.7. The van der Waals surface area contributed by atoms with Crippen LogP contribution in [0.25, 0.3) is 6.08 Å². The van der Waals surface area contributed by atoms with Crippen molar-refractivity contribution >= 4 is 92.1 Å². The maximum Gasteiger partial charge on any atom is 0.298 e. The Morgan fingerprint density at radius 3 is 2.34 bits per heavy atom. The predicted molar refractivity (Wildman–Crippen MR) is 140 cm³/mol. The molecule has 32 heavy (non-hydrogen) atoms. The second-order valence-electron chi connectivity index (χ2n) is 6.71. The molecular weight excluding hydrogens is 604 g/mol. The lowest BCUT2D eigenvalue weighted by atomic mass is 10.2. The van der Waals surface area contributed by atoms with E-state index in [1.165, 1.54) is 0 Å². The normalized spacial score (nSPS) is 15.0. The predicted octanol–water partition coefficient (Wildman–Crippen LogP) is 8.07. The van der Waals surface area contributed by atoms with Crippen molar-refractivity contribution in [1.29, 1.82) is 0 Å². The number of hydrogen-bond donors (Lipinski definition) is 0. The fraction of sp³-hybridized carbons (Fsp3) is 0.0435. The highest BCUT2D eigenvalue weighted by atomic mass is 127. The maximum absolute atomic E-state index is 12.8. The Kier molecular flexibility index (Phi) is 7.37. The molecule has 162 valence electrons. The molecule has 0 aromatic heterocycles. The van der Waals surface area contributed by atoms with Crippen LogP contribution in [0.2, 0.25) is 15.1 Å². The highest BCUT2D eigenvalue weighted by molar-refractivity contribution is 14.1. The van der Waals surface area contributed by atoms with Crippen molar-refractivity contribution in [3.05, 3.63) is 95.3 Å². The van der Waals surface area contributed by atoms with Crippen LogP contribution in [0, 0.1) is 3.57 Å². The molecule has 3 aromatic carbocycles. The lowest BCUT2D eigenvalue weighted by molar-refractivity contribution is -0.113. The summed E-state index contributed by atoms with van der Waals surface area (Å²) in [5.41, 5.74) is 2.10. The Hall–Kier alpha value is -1.71. The molecule has 0 N–H and O–H groups in total. The van der Waals surface area contributed by atoms with Crippen LogP contribution in [-0.2, 0) is 11.4 Å². The molecular formula is C23H13Cl3INO3S. The molecule has 0 saturated carbocycles. The summed E-state index contributed by atoms with van der Waals surface area (Å²) < 4.78 is 6.75. The van der Waals surface area contributed by atoms with Crippen molar-refractivity contribution in [3.8, 4) is 5.75 Å². The standard InChI is InChI=1S/C23H13Cl3INO3S/c24-15-4-6-17(7-5-15)28-22(29)21(32-23(28)30)10-13-1-8-20(19(27)9-13)31-12-14-2-3-16(25)11-18(14)26/h1-11H,12H2/b21-10+. The Labute approximate surface area is 217 Å². The van der Waals surface area contributed by atoms with Crippen molar-refractivity contribution in [2.24, 2.45) is 0 Å². The SMILES string of the molecule is O=C1S/C(=C/c2ccc(OCc3ccc(Cl)cc3Cl)c(I)c2)C(=O)N1c1ccc(Cl)cc1. The number of hydrogen-bond acceptors (Lipinski definition) is 4. The summed E-state index contributed by atoms with van der Waals surface area (Å²) >= 11 is 21.1. The van der Waals surface area contributed by atoms with E-state index in [2.05, 4.69) is 22.6 Å². The van der Waals surface area contributed by atoms with Crippen LogP contribution in [0.1, 0.15) is 11.1 Å². The number of rotatable bonds is 5. The lowest BCUT2D eigenvalue weighted by Gasteiger charge is -2.12. The third-order valence-corrected chi connectivity index (χ3v) is 7.08. The molecule has 1 saturated heterocycles. The quantitative estimate of drug-likeness (QED) is 0.215. The Bertz CT molecular complexity index is 1250. The zero-order valence-corrected chi connectivity index (χ0v) is 21.4. The average Bonchev–Trinajstić information content (AvgIpc) is 3.02. The Morgan fingerprint density at radius 2 is 1.66 bits per heavy atom. The first-order valence-electron chi connectivity index (χ1n) is 9.21. The number of carbonyl (C=O) groups is 2. The summed E-state index contributed by atoms with van der Waals surface area (Å²) in [7, 11) is 0. The zero-order chi connectivity index (χ0) is 22.8. The molecule has 2 amide bonds. The van der Waals surface area contributed by atoms with Gasteiger partial charge in [0, 0.05) is 20.6 Å². The fourth-order valence-corrected chi connectivity index (χ4v) is 5.08. The molecule has 4 rings (SSSR count). The van der Waals surface area contributed by atoms with Crippen LogP contribution >= 0.6 is 69.2 Å². The van der Waals surface area contributed by atoms with Gasteiger partial charge in [-0.25, -0.2) is 4.90 Å². The molecule has 9 heteroatoms. The van der Waals surface area contributed by atoms with Gasteiger partial charge in [0.2, 0.25) is 0 Å². The third kappa shape index (κ3) is 5.26. The van der Waals surface area contributed by atoms with E-state index in [1.54, 1.807) is 42.5 Å². The van der Waals surface area contributed by atoms with E-state index >= 15 is 0 Å². The number of anilines is 1. The van der Waals surface area contributed by atoms with E-state index in [4.69, 9.17) is 39.5 Å². The Balaban J connectivity index is 1.49. The van der Waals surface area contributed by atoms with Crippen molar-refractivity contribution in [1.82, 2.24) is 0 Å². The molecule has 1 aliphatic rings. The van der Waals surface area contributed by atoms with Gasteiger partial charge in [-0.15, -0.1) is 0 Å². The molecule has 1 heterocycles. The number of benzene rings is 3. The summed E-state index contributed by atoms with van der Waals surface area (Å²) in [5, 5.41) is 1.29. The topological polar surface area (TPSA) is 46.6 Å². The van der Waals surface area contributed by atoms with Gasteiger partial charge in [0.05, 0.1) is 14.2 Å². The van der Waals surface area contributed by atoms with Crippen LogP contribution in [0.4, 0.5) is 10.5 Å². The van der Waals surface area contributed by atoms with E-state index in [-0.39, 0.29) is 11.1 Å². The molecule has 1 aliphatic heterocycles. The van der Waals surface area contributed by atoms with Gasteiger partial charge in [0.15, 0.2) is 0 Å². The van der Waals surface area contributed by atoms with Gasteiger partial charge in [-0.2, -0.15) is 0 Å². The highest BCUT2D eigenvalue weighted by Gasteiger charge is 2.36. The second-order valence-corrected chi connectivity index (χ2v) is 10.1. The number of carbonyl (C=O) groups excluding carboxylic acids is 2. The molecule has 0 atom stereocenters. The molecule has 0 unspecified atom stereocenters. The van der Waals surface area contributed by atoms with Crippen LogP contribution < -0.4 is 9.64 Å². The van der Waals surface area contributed by atoms with Gasteiger partial charge < -0.3 is 4.74 Å². The van der Waals surface area contributed by atoms with Gasteiger partial charge >= 0.3 is 0 Å². The zero-order valence-electron chi connectivity index (χ0n) is 16.2. The molecule has 3 aromatic rings. The summed E-state index contributed by atoms with van der Waals surface area (Å²) in [6, 6.07) is 17.4. The number of halogens is 4. The number of nitrogens with zero attached hydrogens (tertiary/aromatic N) is 1. The first-order chi connectivity index (χ1) is 15.3. The van der Waals surface area contributed by atoms with Crippen LogP contribution in [0.5, 0.6) is 5.75 Å². The maximum atomic E-state index is 12.8. The second kappa shape index (κ2) is 10.1. The van der Waals surface area contributed by atoms with Crippen LogP contribution in [0.15, 0.2) is 65.6 Å². The Morgan fingerprint density at radius 1 is 0.938 bits per heavy atom. The lowest BCUT2D eigenvalue weighted by Crippen LogP contribution is -2.27. The van der Waals surface area contributed by atoms with Gasteiger partial charge in [0.25, 0.3) is 11.1 Å². The van der Waals surface area contributed by atoms with Gasteiger partial charge in [-0.3, -0.25) is 9.59 Å². The van der Waals surface area contributed by atoms with Crippen LogP contribution in [-0.4, -0.2) is 11.1 Å². The van der Waals surface area contributed by atoms with E-state index in [0.717, 1.165) is 31.4 Å². The van der Waals surface area contributed by atoms with Crippen LogP contribution in [0.3, 0.4) is 0 Å². The molecule has 0 bridgehead atoms. The summed E-state index contributed by atoms with van der Waals surface area (Å²) in [5.74, 6) is 0.318. The van der Waals surface area contributed by atoms with Gasteiger partial charge in [-0.05, 0) is 94.5 Å². The minimum Gasteiger partial charge on any atom is -0.488 e. The van der Waals surface area contributed by atoms with Gasteiger partial charge in [0.1, 0.15) is 12.4 Å². The molecule has 0 spiro atoms. The monoisotopic (exact) mass is 615 g/mol. The fourth-order valence-electron chi connectivity index (χ4n) is 2.95. The van der Waals surface area contributed by atoms with E-state index < -0.39 is 0 Å². The number of ether oxygens (including phenoxy) is 1. The smallest absolute Gasteiger partial charge is 0.298 e. The minimum atomic E-state index is -0.366. The van der Waals surface area contributed by atoms with Crippen molar-refractivity contribution in [3.63, 3.8) is 0 Å². The number of thioether (sulfide) groups is 1. The van der Waals surface area contributed by atoms with Crippen molar-refractivity contribution < 1.29 is 14.3 Å². The van der Waals surface area contributed by atoms with Gasteiger partial charge in [-0.1, -0.05) is 46.9 Å². The molecule has 4 nitrogen and oxygen atoms in total. The molecule has 1 fully saturated rings. The largest absolute Gasteiger partial charge is 0.488 e. The highest BCUT2D eigenvalue weighted by Crippen LogP contribution is 2.36. The number of imide groups is 1. The summed E-state index contributed by atoms with van der Waals surface area (Å²) in [6.45, 7) is 0.297. The minimum absolute atomic E-state index is 0.297. The van der Waals surface area contributed by atoms with E-state index in [1.807, 2.05) is 24.3 Å². The molecule has 0 radical (unpaired) electrons. The summed E-state index contributed by atoms with van der Waals surface area (Å²) in [6.07, 6.45) is 1.70. The average molecular weight is 617 g/mol. The first-order valence-corrected chi connectivity index (χ1v) is 12.2. The first kappa shape index (κ1) is 23.4. The molecule has 0 aliphatic carbocycles. The third-order valence-electron chi connectivity index (χ3n) is 4.53.